The van der Waals surface area contributed by atoms with Crippen LogP contribution in [0.15, 0.2) is 12.1 Å². The number of benzene rings is 1. The first kappa shape index (κ1) is 17.7. The van der Waals surface area contributed by atoms with Gasteiger partial charge in [-0.3, -0.25) is 14.9 Å². The summed E-state index contributed by atoms with van der Waals surface area (Å²) in [4.78, 5) is 23.9. The fraction of sp³-hybridized carbons (Fsp3) is 0.462. The minimum absolute atomic E-state index is 0.0251. The van der Waals surface area contributed by atoms with Crippen molar-refractivity contribution < 1.29 is 14.8 Å². The third-order valence-corrected chi connectivity index (χ3v) is 3.74. The van der Waals surface area contributed by atoms with Gasteiger partial charge in [0, 0.05) is 31.8 Å². The average Bonchev–Trinajstić information content (AvgIpc) is 2.45. The molecule has 6 nitrogen and oxygen atoms in total. The van der Waals surface area contributed by atoms with Crippen molar-refractivity contribution >= 4 is 34.8 Å². The van der Waals surface area contributed by atoms with E-state index in [1.807, 2.05) is 0 Å². The normalized spacial score (nSPS) is 10.5. The number of rotatable bonds is 7. The van der Waals surface area contributed by atoms with E-state index in [-0.39, 0.29) is 33.8 Å². The van der Waals surface area contributed by atoms with Crippen LogP contribution in [0.1, 0.15) is 29.6 Å². The van der Waals surface area contributed by atoms with E-state index < -0.39 is 4.92 Å². The van der Waals surface area contributed by atoms with E-state index in [9.17, 15) is 14.9 Å². The number of amides is 1. The summed E-state index contributed by atoms with van der Waals surface area (Å²) in [7, 11) is 1.61. The van der Waals surface area contributed by atoms with Gasteiger partial charge in [-0.2, -0.15) is 0 Å². The third kappa shape index (κ3) is 4.84. The van der Waals surface area contributed by atoms with Gasteiger partial charge in [-0.25, -0.2) is 0 Å². The van der Waals surface area contributed by atoms with Gasteiger partial charge in [-0.1, -0.05) is 23.2 Å². The van der Waals surface area contributed by atoms with E-state index in [0.29, 0.717) is 13.0 Å². The number of carbonyl (C=O) groups excluding carboxylic acids is 1. The predicted octanol–water partition coefficient (Wildman–Crippen LogP) is 3.14. The lowest BCUT2D eigenvalue weighted by atomic mass is 10.1. The molecule has 1 rings (SSSR count). The summed E-state index contributed by atoms with van der Waals surface area (Å²) in [6, 6.07) is 2.45. The monoisotopic (exact) mass is 334 g/mol. The van der Waals surface area contributed by atoms with Crippen molar-refractivity contribution in [3.8, 4) is 0 Å². The average molecular weight is 335 g/mol. The molecule has 0 saturated heterocycles. The molecule has 1 aromatic carbocycles. The highest BCUT2D eigenvalue weighted by Gasteiger charge is 2.21. The summed E-state index contributed by atoms with van der Waals surface area (Å²) in [6.07, 6.45) is 2.22. The molecule has 0 saturated carbocycles. The van der Waals surface area contributed by atoms with E-state index in [0.717, 1.165) is 18.9 Å². The van der Waals surface area contributed by atoms with Gasteiger partial charge in [-0.05, 0) is 25.3 Å². The number of aliphatic hydroxyl groups excluding tert-OH is 1. The number of unbranched alkanes of at least 4 members (excludes halogenated alkanes) is 2. The van der Waals surface area contributed by atoms with Crippen LogP contribution < -0.4 is 0 Å². The highest BCUT2D eigenvalue weighted by molar-refractivity contribution is 6.43. The summed E-state index contributed by atoms with van der Waals surface area (Å²) in [5, 5.41) is 19.4. The van der Waals surface area contributed by atoms with Gasteiger partial charge in [0.2, 0.25) is 0 Å². The summed E-state index contributed by atoms with van der Waals surface area (Å²) in [5.41, 5.74) is -0.262. The van der Waals surface area contributed by atoms with Crippen LogP contribution in [-0.2, 0) is 0 Å². The van der Waals surface area contributed by atoms with Crippen molar-refractivity contribution in [2.45, 2.75) is 19.3 Å². The number of aliphatic hydroxyl groups is 1. The molecule has 8 heteroatoms. The lowest BCUT2D eigenvalue weighted by molar-refractivity contribution is -0.384. The van der Waals surface area contributed by atoms with Crippen molar-refractivity contribution in [2.24, 2.45) is 0 Å². The molecule has 0 aromatic heterocycles. The van der Waals surface area contributed by atoms with Gasteiger partial charge in [-0.15, -0.1) is 0 Å². The number of nitrogens with zero attached hydrogens (tertiary/aromatic N) is 2. The molecule has 0 aliphatic heterocycles. The maximum absolute atomic E-state index is 12.2. The maximum Gasteiger partial charge on any atom is 0.290 e. The van der Waals surface area contributed by atoms with Crippen LogP contribution in [-0.4, -0.2) is 41.0 Å². The fourth-order valence-corrected chi connectivity index (χ4v) is 2.18. The van der Waals surface area contributed by atoms with Gasteiger partial charge < -0.3 is 10.0 Å². The predicted molar refractivity (Wildman–Crippen MR) is 81.0 cm³/mol. The minimum Gasteiger partial charge on any atom is -0.396 e. The molecule has 0 fully saturated rings. The number of halogens is 2. The van der Waals surface area contributed by atoms with E-state index in [2.05, 4.69) is 0 Å². The summed E-state index contributed by atoms with van der Waals surface area (Å²) < 4.78 is 0. The Balaban J connectivity index is 2.85. The highest BCUT2D eigenvalue weighted by atomic mass is 35.5. The number of hydrogen-bond donors (Lipinski definition) is 1. The quantitative estimate of drug-likeness (QED) is 0.471. The first-order valence-electron chi connectivity index (χ1n) is 6.38. The topological polar surface area (TPSA) is 83.7 Å². The molecule has 0 aliphatic carbocycles. The molecule has 0 radical (unpaired) electrons. The first-order valence-corrected chi connectivity index (χ1v) is 7.13. The molecule has 1 aromatic rings. The Labute approximate surface area is 132 Å². The Morgan fingerprint density at radius 3 is 2.57 bits per heavy atom. The molecule has 0 spiro atoms. The molecule has 21 heavy (non-hydrogen) atoms. The van der Waals surface area contributed by atoms with Crippen LogP contribution >= 0.6 is 23.2 Å². The molecule has 0 atom stereocenters. The van der Waals surface area contributed by atoms with Crippen LogP contribution in [0.3, 0.4) is 0 Å². The lowest BCUT2D eigenvalue weighted by Gasteiger charge is -2.17. The Morgan fingerprint density at radius 1 is 1.33 bits per heavy atom. The Bertz CT molecular complexity index is 537. The van der Waals surface area contributed by atoms with Crippen molar-refractivity contribution in [3.63, 3.8) is 0 Å². The largest absolute Gasteiger partial charge is 0.396 e. The van der Waals surface area contributed by atoms with Crippen molar-refractivity contribution in [1.29, 1.82) is 0 Å². The molecule has 0 bridgehead atoms. The van der Waals surface area contributed by atoms with E-state index >= 15 is 0 Å². The maximum atomic E-state index is 12.2. The second kappa shape index (κ2) is 8.17. The van der Waals surface area contributed by atoms with Crippen LogP contribution in [0.5, 0.6) is 0 Å². The standard InChI is InChI=1S/C13H16Cl2N2O4/c1-16(5-3-2-4-6-18)13(19)9-7-10(14)12(15)11(8-9)17(20)21/h7-8,18H,2-6H2,1H3. The van der Waals surface area contributed by atoms with Crippen molar-refractivity contribution in [2.75, 3.05) is 20.2 Å². The van der Waals surface area contributed by atoms with E-state index in [4.69, 9.17) is 28.3 Å². The smallest absolute Gasteiger partial charge is 0.290 e. The Hall–Kier alpha value is -1.37. The fourth-order valence-electron chi connectivity index (χ4n) is 1.79. The summed E-state index contributed by atoms with van der Waals surface area (Å²) in [5.74, 6) is -0.360. The van der Waals surface area contributed by atoms with Crippen LogP contribution in [0.25, 0.3) is 0 Å². The van der Waals surface area contributed by atoms with Crippen LogP contribution in [0.2, 0.25) is 10.0 Å². The molecular formula is C13H16Cl2N2O4. The number of nitro groups is 1. The van der Waals surface area contributed by atoms with Crippen molar-refractivity contribution in [1.82, 2.24) is 4.90 Å². The Kier molecular flexibility index (Phi) is 6.87. The number of carbonyl (C=O) groups is 1. The van der Waals surface area contributed by atoms with Gasteiger partial charge in [0.15, 0.2) is 0 Å². The second-order valence-corrected chi connectivity index (χ2v) is 5.34. The molecular weight excluding hydrogens is 319 g/mol. The van der Waals surface area contributed by atoms with Gasteiger partial charge in [0.1, 0.15) is 5.02 Å². The SMILES string of the molecule is CN(CCCCCO)C(=O)c1cc(Cl)c(Cl)c([N+](=O)[O-])c1. The highest BCUT2D eigenvalue weighted by Crippen LogP contribution is 2.33. The van der Waals surface area contributed by atoms with Crippen LogP contribution in [0.4, 0.5) is 5.69 Å². The molecule has 116 valence electrons. The number of hydrogen-bond acceptors (Lipinski definition) is 4. The minimum atomic E-state index is -0.674. The summed E-state index contributed by atoms with van der Waals surface area (Å²) in [6.45, 7) is 0.615. The zero-order valence-electron chi connectivity index (χ0n) is 11.5. The third-order valence-electron chi connectivity index (χ3n) is 2.95. The zero-order valence-corrected chi connectivity index (χ0v) is 13.0. The molecule has 0 unspecified atom stereocenters. The number of nitro benzene ring substituents is 1. The van der Waals surface area contributed by atoms with Gasteiger partial charge in [0.25, 0.3) is 11.6 Å². The van der Waals surface area contributed by atoms with E-state index in [1.54, 1.807) is 7.05 Å². The lowest BCUT2D eigenvalue weighted by Crippen LogP contribution is -2.27. The first-order chi connectivity index (χ1) is 9.88. The van der Waals surface area contributed by atoms with Crippen LogP contribution in [0, 0.1) is 10.1 Å². The second-order valence-electron chi connectivity index (χ2n) is 4.56. The van der Waals surface area contributed by atoms with Crippen molar-refractivity contribution in [3.05, 3.63) is 37.9 Å². The van der Waals surface area contributed by atoms with Gasteiger partial charge >= 0.3 is 0 Å². The molecule has 1 N–H and O–H groups in total. The van der Waals surface area contributed by atoms with E-state index in [1.165, 1.54) is 11.0 Å². The molecule has 0 aliphatic rings. The Morgan fingerprint density at radius 2 is 2.00 bits per heavy atom. The summed E-state index contributed by atoms with van der Waals surface area (Å²) >= 11 is 11.6. The van der Waals surface area contributed by atoms with Gasteiger partial charge in [0.05, 0.1) is 9.95 Å². The molecule has 1 amide bonds. The molecule has 0 heterocycles. The zero-order chi connectivity index (χ0) is 16.0.